The van der Waals surface area contributed by atoms with E-state index in [1.807, 2.05) is 24.3 Å². The quantitative estimate of drug-likeness (QED) is 0.166. The Bertz CT molecular complexity index is 4210. The smallest absolute Gasteiger partial charge is 0.256 e. The van der Waals surface area contributed by atoms with Crippen LogP contribution in [0.2, 0.25) is 0 Å². The van der Waals surface area contributed by atoms with Gasteiger partial charge in [-0.2, -0.15) is 5.26 Å². The molecule has 0 saturated heterocycles. The van der Waals surface area contributed by atoms with Crippen molar-refractivity contribution < 1.29 is 4.74 Å². The summed E-state index contributed by atoms with van der Waals surface area (Å²) in [5, 5.41) is 17.0. The molecule has 5 heterocycles. The Morgan fingerprint density at radius 2 is 0.910 bits per heavy atom. The molecule has 67 heavy (non-hydrogen) atoms. The zero-order valence-corrected chi connectivity index (χ0v) is 36.0. The summed E-state index contributed by atoms with van der Waals surface area (Å²) < 4.78 is 14.6. The molecule has 308 valence electrons. The fourth-order valence-corrected chi connectivity index (χ4v) is 11.6. The van der Waals surface area contributed by atoms with E-state index in [0.29, 0.717) is 5.56 Å². The Morgan fingerprint density at radius 3 is 1.55 bits per heavy atom. The van der Waals surface area contributed by atoms with E-state index in [2.05, 4.69) is 208 Å². The van der Waals surface area contributed by atoms with Crippen molar-refractivity contribution >= 4 is 88.5 Å². The van der Waals surface area contributed by atoms with Crippen LogP contribution in [0.1, 0.15) is 5.56 Å². The molecule has 0 unspecified atom stereocenters. The lowest BCUT2D eigenvalue weighted by atomic mass is 9.34. The molecule has 6 heteroatoms. The first-order chi connectivity index (χ1) is 33.2. The first kappa shape index (κ1) is 36.3. The highest BCUT2D eigenvalue weighted by Gasteiger charge is 2.41. The average Bonchev–Trinajstić information content (AvgIpc) is 4.03. The first-order valence-corrected chi connectivity index (χ1v) is 22.8. The average molecular weight is 851 g/mol. The van der Waals surface area contributed by atoms with Gasteiger partial charge in [-0.3, -0.25) is 0 Å². The van der Waals surface area contributed by atoms with E-state index in [1.165, 1.54) is 65.4 Å². The minimum absolute atomic E-state index is 0.127. The van der Waals surface area contributed by atoms with Crippen molar-refractivity contribution in [3.8, 4) is 56.9 Å². The summed E-state index contributed by atoms with van der Waals surface area (Å²) in [6, 6.07) is 79.0. The van der Waals surface area contributed by atoms with Gasteiger partial charge < -0.3 is 18.4 Å². The molecule has 0 saturated carbocycles. The molecule has 3 aromatic heterocycles. The molecule has 0 spiro atoms. The molecule has 2 aliphatic heterocycles. The fourth-order valence-electron chi connectivity index (χ4n) is 11.6. The highest BCUT2D eigenvalue weighted by atomic mass is 16.5. The van der Waals surface area contributed by atoms with Gasteiger partial charge >= 0.3 is 0 Å². The number of para-hydroxylation sites is 4. The molecule has 2 aliphatic rings. The summed E-state index contributed by atoms with van der Waals surface area (Å²) in [6.45, 7) is -0.127. The van der Waals surface area contributed by atoms with E-state index >= 15 is 0 Å². The minimum atomic E-state index is -0.127. The summed E-state index contributed by atoms with van der Waals surface area (Å²) in [5.74, 6) is 1.69. The van der Waals surface area contributed by atoms with Crippen molar-refractivity contribution in [2.75, 3.05) is 0 Å². The third-order valence-corrected chi connectivity index (χ3v) is 14.5. The van der Waals surface area contributed by atoms with Crippen LogP contribution in [-0.2, 0) is 0 Å². The van der Waals surface area contributed by atoms with Crippen molar-refractivity contribution in [1.82, 2.24) is 13.7 Å². The van der Waals surface area contributed by atoms with Crippen LogP contribution in [0.5, 0.6) is 11.5 Å². The van der Waals surface area contributed by atoms with Gasteiger partial charge in [0, 0.05) is 54.9 Å². The molecule has 0 radical (unpaired) electrons. The van der Waals surface area contributed by atoms with Crippen LogP contribution >= 0.6 is 0 Å². The molecule has 0 N–H and O–H groups in total. The van der Waals surface area contributed by atoms with E-state index in [0.717, 1.165) is 67.3 Å². The molecule has 0 amide bonds. The zero-order chi connectivity index (χ0) is 43.9. The number of hydrogen-bond donors (Lipinski definition) is 0. The maximum Gasteiger partial charge on any atom is 0.256 e. The van der Waals surface area contributed by atoms with Crippen LogP contribution in [0.25, 0.3) is 105 Å². The molecule has 10 aromatic carbocycles. The number of hydrogen-bond acceptors (Lipinski definition) is 2. The predicted molar refractivity (Wildman–Crippen MR) is 276 cm³/mol. The SMILES string of the molecule is N#Cc1ccc(-c2cc3c4c(c2)-n2c5ccc(-n6c7ccccc7c7ccccc76)cc5c5cc(-n6c7ccccc7c7ccccc76)cc(c52)B4c2ccc(-c4ccccc4)cc2O3)cc1. The molecule has 0 atom stereocenters. The lowest BCUT2D eigenvalue weighted by Crippen LogP contribution is -2.58. The van der Waals surface area contributed by atoms with Crippen LogP contribution < -0.4 is 21.1 Å². The largest absolute Gasteiger partial charge is 0.458 e. The van der Waals surface area contributed by atoms with Gasteiger partial charge in [0.2, 0.25) is 0 Å². The third-order valence-electron chi connectivity index (χ3n) is 14.5. The monoisotopic (exact) mass is 850 g/mol. The second-order valence-corrected chi connectivity index (χ2v) is 18.0. The predicted octanol–water partition coefficient (Wildman–Crippen LogP) is 13.1. The lowest BCUT2D eigenvalue weighted by molar-refractivity contribution is 0.487. The van der Waals surface area contributed by atoms with E-state index in [4.69, 9.17) is 4.74 Å². The van der Waals surface area contributed by atoms with Gasteiger partial charge in [0.25, 0.3) is 6.71 Å². The summed E-state index contributed by atoms with van der Waals surface area (Å²) in [5.41, 5.74) is 18.8. The molecule has 0 aliphatic carbocycles. The fraction of sp³-hybridized carbons (Fsp3) is 0. The summed E-state index contributed by atoms with van der Waals surface area (Å²) in [7, 11) is 0. The molecular weight excluding hydrogens is 816 g/mol. The highest BCUT2D eigenvalue weighted by molar-refractivity contribution is 6.99. The van der Waals surface area contributed by atoms with Crippen molar-refractivity contribution in [3.05, 3.63) is 218 Å². The Labute approximate surface area is 385 Å². The second kappa shape index (κ2) is 13.5. The number of fused-ring (bicyclic) bond motifs is 13. The molecule has 5 nitrogen and oxygen atoms in total. The maximum atomic E-state index is 9.72. The topological polar surface area (TPSA) is 47.8 Å². The van der Waals surface area contributed by atoms with Crippen LogP contribution in [0, 0.1) is 11.3 Å². The Morgan fingerprint density at radius 1 is 0.373 bits per heavy atom. The van der Waals surface area contributed by atoms with Crippen LogP contribution in [-0.4, -0.2) is 20.4 Å². The zero-order valence-electron chi connectivity index (χ0n) is 36.0. The number of nitriles is 1. The van der Waals surface area contributed by atoms with Gasteiger partial charge in [-0.1, -0.05) is 127 Å². The Kier molecular flexibility index (Phi) is 7.31. The maximum absolute atomic E-state index is 9.72. The molecular formula is C61H35BN4O. The molecule has 13 aromatic rings. The number of aromatic nitrogens is 3. The second-order valence-electron chi connectivity index (χ2n) is 18.0. The van der Waals surface area contributed by atoms with Gasteiger partial charge in [0.05, 0.1) is 39.2 Å². The highest BCUT2D eigenvalue weighted by Crippen LogP contribution is 2.43. The third kappa shape index (κ3) is 5.03. The Balaban J connectivity index is 1.08. The summed E-state index contributed by atoms with van der Waals surface area (Å²) in [4.78, 5) is 0. The van der Waals surface area contributed by atoms with Crippen molar-refractivity contribution in [3.63, 3.8) is 0 Å². The van der Waals surface area contributed by atoms with E-state index in [9.17, 15) is 5.26 Å². The standard InChI is InChI=1S/C61H35BN4O/c63-36-37-22-24-39(25-23-37)41-30-57-60-59(32-41)67-58-31-40(38-12-2-1-3-13-38)26-28-50(58)62(60)51-35-43(65-54-20-10-6-16-46(54)47-17-7-11-21-55(47)65)34-49-48-33-42(27-29-56(48)66(57)61(49)51)64-52-18-8-4-14-44(52)45-15-5-9-19-53(45)64/h1-35H. The van der Waals surface area contributed by atoms with Gasteiger partial charge in [0.15, 0.2) is 0 Å². The summed E-state index contributed by atoms with van der Waals surface area (Å²) >= 11 is 0. The number of ether oxygens (including phenoxy) is 1. The van der Waals surface area contributed by atoms with Crippen LogP contribution in [0.4, 0.5) is 0 Å². The van der Waals surface area contributed by atoms with Crippen molar-refractivity contribution in [1.29, 1.82) is 5.26 Å². The van der Waals surface area contributed by atoms with Crippen LogP contribution in [0.15, 0.2) is 212 Å². The summed E-state index contributed by atoms with van der Waals surface area (Å²) in [6.07, 6.45) is 0. The van der Waals surface area contributed by atoms with E-state index in [1.54, 1.807) is 0 Å². The van der Waals surface area contributed by atoms with Crippen molar-refractivity contribution in [2.45, 2.75) is 0 Å². The van der Waals surface area contributed by atoms with E-state index < -0.39 is 0 Å². The number of benzene rings is 10. The molecule has 0 fully saturated rings. The van der Waals surface area contributed by atoms with Gasteiger partial charge in [0.1, 0.15) is 11.5 Å². The van der Waals surface area contributed by atoms with Gasteiger partial charge in [-0.15, -0.1) is 0 Å². The number of nitrogens with zero attached hydrogens (tertiary/aromatic N) is 4. The van der Waals surface area contributed by atoms with E-state index in [-0.39, 0.29) is 6.71 Å². The molecule has 15 rings (SSSR count). The van der Waals surface area contributed by atoms with Crippen LogP contribution in [0.3, 0.4) is 0 Å². The lowest BCUT2D eigenvalue weighted by Gasteiger charge is -2.34. The van der Waals surface area contributed by atoms with Crippen molar-refractivity contribution in [2.24, 2.45) is 0 Å². The normalized spacial score (nSPS) is 12.6. The first-order valence-electron chi connectivity index (χ1n) is 22.8. The molecule has 0 bridgehead atoms. The number of rotatable bonds is 4. The minimum Gasteiger partial charge on any atom is -0.458 e. The Hall–Kier alpha value is -9.05. The van der Waals surface area contributed by atoms with Gasteiger partial charge in [-0.25, -0.2) is 0 Å². The van der Waals surface area contributed by atoms with Gasteiger partial charge in [-0.05, 0) is 124 Å².